The quantitative estimate of drug-likeness (QED) is 0.304. The second-order valence-electron chi connectivity index (χ2n) is 8.98. The van der Waals surface area contributed by atoms with E-state index in [-0.39, 0.29) is 41.8 Å². The molecule has 0 heterocycles. The van der Waals surface area contributed by atoms with Crippen molar-refractivity contribution in [2.75, 3.05) is 6.54 Å². The first kappa shape index (κ1) is 28.0. The van der Waals surface area contributed by atoms with Crippen LogP contribution < -0.4 is 5.32 Å². The average molecular weight is 550 g/mol. The molecule has 3 aromatic rings. The number of carbonyl (C=O) groups excluding carboxylic acids is 2. The number of hydrogen-bond donors (Lipinski definition) is 1. The first-order valence-corrected chi connectivity index (χ1v) is 12.8. The molecule has 0 spiro atoms. The first-order chi connectivity index (χ1) is 17.2. The second-order valence-corrected chi connectivity index (χ2v) is 10.2. The van der Waals surface area contributed by atoms with Gasteiger partial charge in [-0.1, -0.05) is 91.1 Å². The smallest absolute Gasteiger partial charge is 0.243 e. The van der Waals surface area contributed by atoms with Crippen LogP contribution >= 0.6 is 34.8 Å². The molecule has 36 heavy (non-hydrogen) atoms. The van der Waals surface area contributed by atoms with E-state index in [0.29, 0.717) is 22.2 Å². The van der Waals surface area contributed by atoms with Crippen LogP contribution in [0.3, 0.4) is 0 Å². The van der Waals surface area contributed by atoms with Crippen LogP contribution in [0, 0.1) is 11.7 Å². The van der Waals surface area contributed by atoms with Crippen LogP contribution in [-0.2, 0) is 29.0 Å². The summed E-state index contributed by atoms with van der Waals surface area (Å²) < 4.78 is 14.6. The fraction of sp³-hybridized carbons (Fsp3) is 0.286. The molecule has 8 heteroatoms. The van der Waals surface area contributed by atoms with Gasteiger partial charge in [-0.25, -0.2) is 4.39 Å². The highest BCUT2D eigenvalue weighted by Crippen LogP contribution is 2.26. The summed E-state index contributed by atoms with van der Waals surface area (Å²) in [6, 6.07) is 17.8. The molecule has 1 atom stereocenters. The molecule has 3 rings (SSSR count). The van der Waals surface area contributed by atoms with Gasteiger partial charge in [0.2, 0.25) is 11.8 Å². The van der Waals surface area contributed by atoms with Crippen LogP contribution in [0.15, 0.2) is 66.7 Å². The summed E-state index contributed by atoms with van der Waals surface area (Å²) in [5, 5.41) is 3.92. The molecular formula is C28H28Cl3FN2O2. The number of benzene rings is 3. The summed E-state index contributed by atoms with van der Waals surface area (Å²) in [7, 11) is 0. The standard InChI is InChI=1S/C28H28Cl3FN2O2/c1-18(2)16-33-28(36)26(13-19-7-4-3-5-8-19)34(17-20-11-12-21(29)14-24(20)31)27(35)15-22-23(30)9-6-10-25(22)32/h3-12,14,18,26H,13,15-17H2,1-2H3,(H,33,36)/t26-/m1/s1. The fourth-order valence-corrected chi connectivity index (χ4v) is 4.46. The molecule has 0 bridgehead atoms. The van der Waals surface area contributed by atoms with E-state index >= 15 is 0 Å². The van der Waals surface area contributed by atoms with Gasteiger partial charge < -0.3 is 10.2 Å². The Morgan fingerprint density at radius 3 is 2.31 bits per heavy atom. The highest BCUT2D eigenvalue weighted by Gasteiger charge is 2.31. The maximum Gasteiger partial charge on any atom is 0.243 e. The Bertz CT molecular complexity index is 1180. The summed E-state index contributed by atoms with van der Waals surface area (Å²) in [6.07, 6.45) is -0.0355. The summed E-state index contributed by atoms with van der Waals surface area (Å²) in [5.41, 5.74) is 1.58. The lowest BCUT2D eigenvalue weighted by Gasteiger charge is -2.32. The van der Waals surface area contributed by atoms with Crippen LogP contribution in [0.4, 0.5) is 4.39 Å². The van der Waals surface area contributed by atoms with Gasteiger partial charge in [0, 0.05) is 40.1 Å². The normalized spacial score (nSPS) is 11.9. The van der Waals surface area contributed by atoms with Crippen LogP contribution in [-0.4, -0.2) is 29.3 Å². The summed E-state index contributed by atoms with van der Waals surface area (Å²) in [4.78, 5) is 28.6. The number of nitrogens with zero attached hydrogens (tertiary/aromatic N) is 1. The van der Waals surface area contributed by atoms with E-state index in [1.807, 2.05) is 44.2 Å². The highest BCUT2D eigenvalue weighted by atomic mass is 35.5. The van der Waals surface area contributed by atoms with Crippen molar-refractivity contribution >= 4 is 46.6 Å². The molecule has 0 radical (unpaired) electrons. The minimum absolute atomic E-state index is 0.0352. The van der Waals surface area contributed by atoms with E-state index in [4.69, 9.17) is 34.8 Å². The molecule has 0 aliphatic rings. The number of rotatable bonds is 10. The van der Waals surface area contributed by atoms with Gasteiger partial charge in [-0.3, -0.25) is 9.59 Å². The average Bonchev–Trinajstić information content (AvgIpc) is 2.84. The predicted octanol–water partition coefficient (Wildman–Crippen LogP) is 6.74. The van der Waals surface area contributed by atoms with Gasteiger partial charge in [-0.2, -0.15) is 0 Å². The van der Waals surface area contributed by atoms with E-state index in [1.54, 1.807) is 18.2 Å². The van der Waals surface area contributed by atoms with Crippen molar-refractivity contribution in [1.82, 2.24) is 10.2 Å². The largest absolute Gasteiger partial charge is 0.354 e. The van der Waals surface area contributed by atoms with Crippen molar-refractivity contribution in [3.63, 3.8) is 0 Å². The lowest BCUT2D eigenvalue weighted by Crippen LogP contribution is -2.51. The van der Waals surface area contributed by atoms with Crippen molar-refractivity contribution < 1.29 is 14.0 Å². The molecule has 0 unspecified atom stereocenters. The first-order valence-electron chi connectivity index (χ1n) is 11.6. The monoisotopic (exact) mass is 548 g/mol. The number of amides is 2. The molecule has 0 fully saturated rings. The maximum atomic E-state index is 14.6. The zero-order valence-electron chi connectivity index (χ0n) is 20.1. The fourth-order valence-electron chi connectivity index (χ4n) is 3.76. The Morgan fingerprint density at radius 2 is 1.67 bits per heavy atom. The molecule has 4 nitrogen and oxygen atoms in total. The number of nitrogens with one attached hydrogen (secondary N) is 1. The molecule has 0 aliphatic heterocycles. The molecule has 0 saturated heterocycles. The van der Waals surface area contributed by atoms with Crippen molar-refractivity contribution in [1.29, 1.82) is 0 Å². The van der Waals surface area contributed by atoms with Crippen LogP contribution in [0.25, 0.3) is 0 Å². The third-order valence-electron chi connectivity index (χ3n) is 5.70. The van der Waals surface area contributed by atoms with E-state index in [2.05, 4.69) is 5.32 Å². The Hall–Kier alpha value is -2.60. The molecule has 0 aliphatic carbocycles. The molecule has 1 N–H and O–H groups in total. The SMILES string of the molecule is CC(C)CNC(=O)[C@@H](Cc1ccccc1)N(Cc1ccc(Cl)cc1Cl)C(=O)Cc1c(F)cccc1Cl. The van der Waals surface area contributed by atoms with Crippen molar-refractivity contribution in [2.45, 2.75) is 39.3 Å². The van der Waals surface area contributed by atoms with E-state index < -0.39 is 17.8 Å². The third-order valence-corrected chi connectivity index (χ3v) is 6.64. The molecule has 0 saturated carbocycles. The molecular weight excluding hydrogens is 522 g/mol. The highest BCUT2D eigenvalue weighted by molar-refractivity contribution is 6.35. The van der Waals surface area contributed by atoms with Gasteiger partial charge in [-0.05, 0) is 41.3 Å². The van der Waals surface area contributed by atoms with Crippen molar-refractivity contribution in [3.8, 4) is 0 Å². The summed E-state index contributed by atoms with van der Waals surface area (Å²) in [6.45, 7) is 4.46. The lowest BCUT2D eigenvalue weighted by atomic mass is 10.0. The van der Waals surface area contributed by atoms with Gasteiger partial charge >= 0.3 is 0 Å². The summed E-state index contributed by atoms with van der Waals surface area (Å²) >= 11 is 18.7. The lowest BCUT2D eigenvalue weighted by molar-refractivity contribution is -0.140. The summed E-state index contributed by atoms with van der Waals surface area (Å²) in [5.74, 6) is -1.11. The van der Waals surface area contributed by atoms with Crippen molar-refractivity contribution in [3.05, 3.63) is 104 Å². The maximum absolute atomic E-state index is 14.6. The topological polar surface area (TPSA) is 49.4 Å². The minimum atomic E-state index is -0.865. The van der Waals surface area contributed by atoms with Gasteiger partial charge in [0.1, 0.15) is 11.9 Å². The predicted molar refractivity (Wildman–Crippen MR) is 144 cm³/mol. The number of carbonyl (C=O) groups is 2. The van der Waals surface area contributed by atoms with Crippen LogP contribution in [0.1, 0.15) is 30.5 Å². The zero-order valence-corrected chi connectivity index (χ0v) is 22.4. The number of halogens is 4. The number of hydrogen-bond acceptors (Lipinski definition) is 2. The van der Waals surface area contributed by atoms with E-state index in [9.17, 15) is 14.0 Å². The van der Waals surface area contributed by atoms with Gasteiger partial charge in [0.15, 0.2) is 0 Å². The Morgan fingerprint density at radius 1 is 0.944 bits per heavy atom. The molecule has 2 amide bonds. The van der Waals surface area contributed by atoms with Gasteiger partial charge in [0.25, 0.3) is 0 Å². The minimum Gasteiger partial charge on any atom is -0.354 e. The van der Waals surface area contributed by atoms with E-state index in [0.717, 1.165) is 5.56 Å². The molecule has 0 aromatic heterocycles. The van der Waals surface area contributed by atoms with E-state index in [1.165, 1.54) is 23.1 Å². The van der Waals surface area contributed by atoms with Crippen molar-refractivity contribution in [2.24, 2.45) is 5.92 Å². The Balaban J connectivity index is 2.02. The van der Waals surface area contributed by atoms with Crippen LogP contribution in [0.5, 0.6) is 0 Å². The van der Waals surface area contributed by atoms with Gasteiger partial charge in [-0.15, -0.1) is 0 Å². The zero-order chi connectivity index (χ0) is 26.2. The molecule has 190 valence electrons. The molecule has 3 aromatic carbocycles. The second kappa shape index (κ2) is 13.1. The Labute approximate surface area is 226 Å². The van der Waals surface area contributed by atoms with Crippen LogP contribution in [0.2, 0.25) is 15.1 Å². The van der Waals surface area contributed by atoms with Gasteiger partial charge in [0.05, 0.1) is 6.42 Å². The Kier molecular flexibility index (Phi) is 10.2. The third kappa shape index (κ3) is 7.70.